The Labute approximate surface area is 193 Å². The van der Waals surface area contributed by atoms with Gasteiger partial charge < -0.3 is 13.8 Å². The number of nitrogens with zero attached hydrogens (tertiary/aromatic N) is 2. The first-order valence-electron chi connectivity index (χ1n) is 11.5. The van der Waals surface area contributed by atoms with E-state index >= 15 is 0 Å². The van der Waals surface area contributed by atoms with Crippen LogP contribution in [0.1, 0.15) is 39.4 Å². The van der Waals surface area contributed by atoms with Gasteiger partial charge in [-0.25, -0.2) is 0 Å². The van der Waals surface area contributed by atoms with E-state index in [1.807, 2.05) is 0 Å². The van der Waals surface area contributed by atoms with Crippen LogP contribution in [0.2, 0.25) is 18.1 Å². The lowest BCUT2D eigenvalue weighted by Crippen LogP contribution is -2.43. The highest BCUT2D eigenvalue weighted by Gasteiger charge is 2.50. The summed E-state index contributed by atoms with van der Waals surface area (Å²) in [6.45, 7) is 12.3. The number of aromatic nitrogens is 1. The van der Waals surface area contributed by atoms with Crippen molar-refractivity contribution in [2.75, 3.05) is 20.6 Å². The minimum Gasteiger partial charge on any atom is -0.544 e. The van der Waals surface area contributed by atoms with Crippen LogP contribution in [-0.2, 0) is 5.41 Å². The van der Waals surface area contributed by atoms with E-state index in [9.17, 15) is 0 Å². The first-order valence-corrected chi connectivity index (χ1v) is 14.4. The lowest BCUT2D eigenvalue weighted by molar-refractivity contribution is 0.299. The quantitative estimate of drug-likeness (QED) is 0.365. The number of hydrogen-bond donors (Lipinski definition) is 0. The maximum Gasteiger partial charge on any atom is 0.250 e. The lowest BCUT2D eigenvalue weighted by atomic mass is 9.91. The zero-order chi connectivity index (χ0) is 23.1. The van der Waals surface area contributed by atoms with Gasteiger partial charge in [0, 0.05) is 17.5 Å². The molecule has 170 valence electrons. The average molecular weight is 449 g/mol. The van der Waals surface area contributed by atoms with E-state index in [4.69, 9.17) is 8.95 Å². The Morgan fingerprint density at radius 3 is 2.12 bits per heavy atom. The molecule has 0 atom stereocenters. The van der Waals surface area contributed by atoms with E-state index in [0.717, 1.165) is 53.3 Å². The van der Waals surface area contributed by atoms with Crippen molar-refractivity contribution in [2.24, 2.45) is 0 Å². The van der Waals surface area contributed by atoms with E-state index in [0.29, 0.717) is 0 Å². The van der Waals surface area contributed by atoms with Crippen molar-refractivity contribution in [3.63, 3.8) is 0 Å². The first kappa shape index (κ1) is 22.8. The molecule has 32 heavy (non-hydrogen) atoms. The minimum absolute atomic E-state index is 0.0608. The van der Waals surface area contributed by atoms with Crippen LogP contribution in [0.5, 0.6) is 5.75 Å². The van der Waals surface area contributed by atoms with Gasteiger partial charge in [-0.05, 0) is 74.9 Å². The fraction of sp³-hybridized carbons (Fsp3) is 0.444. The van der Waals surface area contributed by atoms with Gasteiger partial charge in [0.05, 0.1) is 5.56 Å². The van der Waals surface area contributed by atoms with Crippen LogP contribution in [0.4, 0.5) is 0 Å². The topological polar surface area (TPSA) is 38.5 Å². The molecule has 4 rings (SSSR count). The van der Waals surface area contributed by atoms with E-state index in [1.54, 1.807) is 0 Å². The van der Waals surface area contributed by atoms with Crippen LogP contribution in [0.15, 0.2) is 59.1 Å². The molecule has 1 saturated carbocycles. The Morgan fingerprint density at radius 1 is 0.969 bits per heavy atom. The molecule has 5 heteroatoms. The van der Waals surface area contributed by atoms with Crippen LogP contribution in [0, 0.1) is 0 Å². The summed E-state index contributed by atoms with van der Waals surface area (Å²) in [5.74, 6) is 1.95. The molecule has 1 heterocycles. The van der Waals surface area contributed by atoms with Gasteiger partial charge in [0.1, 0.15) is 11.4 Å². The fourth-order valence-electron chi connectivity index (χ4n) is 4.06. The zero-order valence-electron chi connectivity index (χ0n) is 20.5. The Balaban J connectivity index is 1.72. The summed E-state index contributed by atoms with van der Waals surface area (Å²) in [6, 6.07) is 18.9. The summed E-state index contributed by atoms with van der Waals surface area (Å²) in [5, 5.41) is 4.76. The molecular formula is C27H36N2O2Si. The highest BCUT2D eigenvalue weighted by Crippen LogP contribution is 2.53. The molecule has 2 aromatic carbocycles. The second kappa shape index (κ2) is 8.20. The molecule has 0 unspecified atom stereocenters. The Kier molecular flexibility index (Phi) is 5.84. The molecule has 4 nitrogen and oxygen atoms in total. The maximum absolute atomic E-state index is 6.47. The SMILES string of the molecule is CN(C)CC1(c2onc(-c3ccc(O[Si](C)(C)C(C)(C)C)cc3)c2-c2ccccc2)CC1. The van der Waals surface area contributed by atoms with E-state index in [-0.39, 0.29) is 10.5 Å². The Hall–Kier alpha value is -2.37. The molecular weight excluding hydrogens is 412 g/mol. The zero-order valence-corrected chi connectivity index (χ0v) is 21.5. The van der Waals surface area contributed by atoms with Crippen molar-refractivity contribution in [2.45, 2.75) is 57.2 Å². The highest BCUT2D eigenvalue weighted by atomic mass is 28.4. The molecule has 0 amide bonds. The van der Waals surface area contributed by atoms with Crippen molar-refractivity contribution in [3.8, 4) is 28.1 Å². The largest absolute Gasteiger partial charge is 0.544 e. The second-order valence-corrected chi connectivity index (χ2v) is 15.7. The van der Waals surface area contributed by atoms with Crippen LogP contribution in [0.25, 0.3) is 22.4 Å². The molecule has 1 fully saturated rings. The van der Waals surface area contributed by atoms with Crippen molar-refractivity contribution in [1.82, 2.24) is 10.1 Å². The van der Waals surface area contributed by atoms with Crippen molar-refractivity contribution in [1.29, 1.82) is 0 Å². The molecule has 1 aliphatic carbocycles. The minimum atomic E-state index is -1.87. The van der Waals surface area contributed by atoms with Crippen LogP contribution in [-0.4, -0.2) is 39.0 Å². The third-order valence-electron chi connectivity index (χ3n) is 7.02. The highest BCUT2D eigenvalue weighted by molar-refractivity contribution is 6.74. The molecule has 0 radical (unpaired) electrons. The van der Waals surface area contributed by atoms with E-state index in [1.165, 1.54) is 0 Å². The lowest BCUT2D eigenvalue weighted by Gasteiger charge is -2.36. The van der Waals surface area contributed by atoms with Gasteiger partial charge in [-0.3, -0.25) is 0 Å². The smallest absolute Gasteiger partial charge is 0.250 e. The standard InChI is InChI=1S/C27H36N2O2Si/c1-26(2,3)32(6,7)31-22-15-13-21(14-16-22)24-23(20-11-9-8-10-12-20)25(30-28-24)27(17-18-27)19-29(4)5/h8-16H,17-19H2,1-7H3. The van der Waals surface area contributed by atoms with Gasteiger partial charge in [-0.15, -0.1) is 0 Å². The normalized spacial score (nSPS) is 15.8. The molecule has 1 aromatic heterocycles. The van der Waals surface area contributed by atoms with Gasteiger partial charge in [-0.2, -0.15) is 0 Å². The van der Waals surface area contributed by atoms with Crippen molar-refractivity contribution < 1.29 is 8.95 Å². The number of hydrogen-bond acceptors (Lipinski definition) is 4. The van der Waals surface area contributed by atoms with Gasteiger partial charge in [-0.1, -0.05) is 56.3 Å². The number of rotatable bonds is 7. The van der Waals surface area contributed by atoms with Crippen LogP contribution < -0.4 is 4.43 Å². The molecule has 0 spiro atoms. The molecule has 0 aliphatic heterocycles. The van der Waals surface area contributed by atoms with E-state index in [2.05, 4.69) is 113 Å². The first-order chi connectivity index (χ1) is 15.0. The molecule has 0 saturated heterocycles. The van der Waals surface area contributed by atoms with Gasteiger partial charge in [0.25, 0.3) is 0 Å². The summed E-state index contributed by atoms with van der Waals surface area (Å²) in [7, 11) is 2.38. The van der Waals surface area contributed by atoms with Crippen molar-refractivity contribution >= 4 is 8.32 Å². The average Bonchev–Trinajstić information content (AvgIpc) is 3.34. The molecule has 0 bridgehead atoms. The molecule has 1 aliphatic rings. The van der Waals surface area contributed by atoms with Crippen LogP contribution in [0.3, 0.4) is 0 Å². The monoisotopic (exact) mass is 448 g/mol. The van der Waals surface area contributed by atoms with Gasteiger partial charge in [0.2, 0.25) is 8.32 Å². The summed E-state index contributed by atoms with van der Waals surface area (Å²) < 4.78 is 12.6. The summed E-state index contributed by atoms with van der Waals surface area (Å²) in [5.41, 5.74) is 4.32. The summed E-state index contributed by atoms with van der Waals surface area (Å²) in [6.07, 6.45) is 2.28. The number of benzene rings is 2. The Morgan fingerprint density at radius 2 is 1.59 bits per heavy atom. The summed E-state index contributed by atoms with van der Waals surface area (Å²) in [4.78, 5) is 2.25. The fourth-order valence-corrected chi connectivity index (χ4v) is 5.10. The number of likely N-dealkylation sites (N-methyl/N-ethyl adjacent to an activating group) is 1. The van der Waals surface area contributed by atoms with Gasteiger partial charge in [0.15, 0.2) is 5.76 Å². The Bertz CT molecular complexity index is 1060. The third-order valence-corrected chi connectivity index (χ3v) is 11.4. The third kappa shape index (κ3) is 4.41. The van der Waals surface area contributed by atoms with Crippen LogP contribution >= 0.6 is 0 Å². The molecule has 0 N–H and O–H groups in total. The predicted octanol–water partition coefficient (Wildman–Crippen LogP) is 6.99. The van der Waals surface area contributed by atoms with E-state index < -0.39 is 8.32 Å². The maximum atomic E-state index is 6.47. The molecule has 3 aromatic rings. The predicted molar refractivity (Wildman–Crippen MR) is 135 cm³/mol. The summed E-state index contributed by atoms with van der Waals surface area (Å²) >= 11 is 0. The second-order valence-electron chi connectivity index (χ2n) is 11.0. The van der Waals surface area contributed by atoms with Gasteiger partial charge >= 0.3 is 0 Å². The van der Waals surface area contributed by atoms with Crippen molar-refractivity contribution in [3.05, 3.63) is 60.4 Å².